The van der Waals surface area contributed by atoms with Crippen molar-refractivity contribution in [2.45, 2.75) is 31.4 Å². The number of nitrogens with zero attached hydrogens (tertiary/aromatic N) is 5. The van der Waals surface area contributed by atoms with Crippen LogP contribution in [0.15, 0.2) is 52.6 Å². The fraction of sp³-hybridized carbons (Fsp3) is 0.348. The van der Waals surface area contributed by atoms with E-state index in [1.165, 1.54) is 34.5 Å². The number of non-ortho nitro benzene ring substituents is 1. The number of aliphatic imine (C=N–C) groups is 1. The smallest absolute Gasteiger partial charge is 0.302 e. The molecule has 1 amide bonds. The van der Waals surface area contributed by atoms with Crippen molar-refractivity contribution in [3.8, 4) is 0 Å². The zero-order chi connectivity index (χ0) is 23.0. The summed E-state index contributed by atoms with van der Waals surface area (Å²) in [5, 5.41) is 16.9. The van der Waals surface area contributed by atoms with Crippen molar-refractivity contribution in [1.29, 1.82) is 0 Å². The number of rotatable bonds is 3. The van der Waals surface area contributed by atoms with Gasteiger partial charge in [-0.05, 0) is 62.1 Å². The van der Waals surface area contributed by atoms with E-state index in [9.17, 15) is 14.9 Å². The van der Waals surface area contributed by atoms with Crippen LogP contribution in [0.25, 0.3) is 0 Å². The molecule has 0 aliphatic carbocycles. The highest BCUT2D eigenvalue weighted by atomic mass is 32.2. The van der Waals surface area contributed by atoms with Gasteiger partial charge in [-0.15, -0.1) is 0 Å². The number of carbonyl (C=O) groups excluding carboxylic acids is 1. The molecule has 4 rings (SSSR count). The van der Waals surface area contributed by atoms with Crippen molar-refractivity contribution in [3.05, 3.63) is 69.3 Å². The zero-order valence-corrected chi connectivity index (χ0v) is 19.3. The standard InChI is InChI=1S/C23H25N5O3S/c1-23(2)20(25-26(4)22(29)32-23)17-9-12-19-16(14-17)6-5-13-27(19)21(24-3)15-7-10-18(11-8-15)28(30)31/h7-12,14H,5-6,13H2,1-4H3. The molecule has 0 saturated carbocycles. The molecule has 166 valence electrons. The van der Waals surface area contributed by atoms with Crippen LogP contribution < -0.4 is 4.90 Å². The van der Waals surface area contributed by atoms with E-state index in [-0.39, 0.29) is 10.9 Å². The highest BCUT2D eigenvalue weighted by Crippen LogP contribution is 2.37. The second-order valence-electron chi connectivity index (χ2n) is 8.30. The number of thioether (sulfide) groups is 1. The van der Waals surface area contributed by atoms with Gasteiger partial charge in [0.1, 0.15) is 5.84 Å². The molecule has 0 bridgehead atoms. The Balaban J connectivity index is 1.70. The molecule has 32 heavy (non-hydrogen) atoms. The maximum atomic E-state index is 12.1. The molecule has 0 aromatic heterocycles. The summed E-state index contributed by atoms with van der Waals surface area (Å²) in [5.41, 5.74) is 5.05. The van der Waals surface area contributed by atoms with Crippen LogP contribution in [0.5, 0.6) is 0 Å². The van der Waals surface area contributed by atoms with Crippen LogP contribution >= 0.6 is 11.8 Å². The van der Waals surface area contributed by atoms with Gasteiger partial charge in [0, 0.05) is 44.0 Å². The Labute approximate surface area is 191 Å². The monoisotopic (exact) mass is 451 g/mol. The number of carbonyl (C=O) groups is 1. The summed E-state index contributed by atoms with van der Waals surface area (Å²) >= 11 is 1.28. The van der Waals surface area contributed by atoms with Crippen LogP contribution in [-0.2, 0) is 6.42 Å². The van der Waals surface area contributed by atoms with E-state index >= 15 is 0 Å². The summed E-state index contributed by atoms with van der Waals surface area (Å²) in [7, 11) is 3.42. The van der Waals surface area contributed by atoms with E-state index in [4.69, 9.17) is 0 Å². The molecule has 0 N–H and O–H groups in total. The molecule has 0 saturated heterocycles. The average Bonchev–Trinajstić information content (AvgIpc) is 2.76. The second-order valence-corrected chi connectivity index (χ2v) is 9.87. The lowest BCUT2D eigenvalue weighted by Crippen LogP contribution is -2.40. The molecule has 0 radical (unpaired) electrons. The van der Waals surface area contributed by atoms with Crippen molar-refractivity contribution in [2.24, 2.45) is 10.1 Å². The predicted octanol–water partition coefficient (Wildman–Crippen LogP) is 4.71. The van der Waals surface area contributed by atoms with Gasteiger partial charge in [-0.1, -0.05) is 17.8 Å². The maximum absolute atomic E-state index is 12.1. The highest BCUT2D eigenvalue weighted by molar-refractivity contribution is 8.15. The summed E-state index contributed by atoms with van der Waals surface area (Å²) in [4.78, 5) is 29.4. The number of amides is 1. The minimum Gasteiger partial charge on any atom is -0.326 e. The number of aryl methyl sites for hydroxylation is 1. The third-order valence-electron chi connectivity index (χ3n) is 5.70. The van der Waals surface area contributed by atoms with Crippen molar-refractivity contribution < 1.29 is 9.72 Å². The largest absolute Gasteiger partial charge is 0.326 e. The van der Waals surface area contributed by atoms with Gasteiger partial charge in [-0.25, -0.2) is 5.01 Å². The van der Waals surface area contributed by atoms with Gasteiger partial charge in [0.2, 0.25) is 0 Å². The molecular formula is C23H25N5O3S. The van der Waals surface area contributed by atoms with Crippen molar-refractivity contribution in [3.63, 3.8) is 0 Å². The van der Waals surface area contributed by atoms with E-state index in [0.29, 0.717) is 0 Å². The van der Waals surface area contributed by atoms with Crippen LogP contribution in [0.2, 0.25) is 0 Å². The minimum atomic E-state index is -0.416. The van der Waals surface area contributed by atoms with Crippen molar-refractivity contribution in [2.75, 3.05) is 25.5 Å². The maximum Gasteiger partial charge on any atom is 0.302 e. The normalized spacial score (nSPS) is 18.3. The molecule has 2 aromatic carbocycles. The van der Waals surface area contributed by atoms with Crippen LogP contribution in [0.1, 0.15) is 37.0 Å². The van der Waals surface area contributed by atoms with E-state index in [0.717, 1.165) is 47.7 Å². The molecule has 2 aromatic rings. The number of benzene rings is 2. The quantitative estimate of drug-likeness (QED) is 0.292. The number of hydrogen-bond donors (Lipinski definition) is 0. The highest BCUT2D eigenvalue weighted by Gasteiger charge is 2.36. The molecule has 2 aliphatic heterocycles. The first kappa shape index (κ1) is 22.0. The lowest BCUT2D eigenvalue weighted by Gasteiger charge is -2.35. The Morgan fingerprint density at radius 1 is 1.22 bits per heavy atom. The SMILES string of the molecule is CN=C(c1ccc([N+](=O)[O-])cc1)N1CCCc2cc(C3=NN(C)C(=O)SC3(C)C)ccc21. The molecule has 9 heteroatoms. The Hall–Kier alpha value is -3.20. The van der Waals surface area contributed by atoms with E-state index in [1.54, 1.807) is 26.2 Å². The summed E-state index contributed by atoms with van der Waals surface area (Å²) in [6.07, 6.45) is 1.90. The fourth-order valence-electron chi connectivity index (χ4n) is 4.15. The third kappa shape index (κ3) is 4.00. The Morgan fingerprint density at radius 3 is 2.59 bits per heavy atom. The molecular weight excluding hydrogens is 426 g/mol. The van der Waals surface area contributed by atoms with Gasteiger partial charge in [-0.2, -0.15) is 5.10 Å². The van der Waals surface area contributed by atoms with Crippen LogP contribution in [0.4, 0.5) is 16.2 Å². The van der Waals surface area contributed by atoms with Gasteiger partial charge in [0.05, 0.1) is 15.4 Å². The fourth-order valence-corrected chi connectivity index (χ4v) is 5.02. The Kier molecular flexibility index (Phi) is 5.77. The first-order chi connectivity index (χ1) is 15.2. The molecule has 0 spiro atoms. The van der Waals surface area contributed by atoms with Gasteiger partial charge < -0.3 is 4.90 Å². The first-order valence-electron chi connectivity index (χ1n) is 10.4. The number of hydrogen-bond acceptors (Lipinski definition) is 6. The third-order valence-corrected chi connectivity index (χ3v) is 6.84. The average molecular weight is 452 g/mol. The van der Waals surface area contributed by atoms with Crippen molar-refractivity contribution in [1.82, 2.24) is 5.01 Å². The minimum absolute atomic E-state index is 0.0603. The number of hydrazone groups is 1. The molecule has 2 heterocycles. The number of anilines is 1. The number of nitro groups is 1. The molecule has 8 nitrogen and oxygen atoms in total. The van der Waals surface area contributed by atoms with Crippen LogP contribution in [0.3, 0.4) is 0 Å². The molecule has 0 fully saturated rings. The predicted molar refractivity (Wildman–Crippen MR) is 129 cm³/mol. The van der Waals surface area contributed by atoms with Gasteiger partial charge >= 0.3 is 5.24 Å². The summed E-state index contributed by atoms with van der Waals surface area (Å²) < 4.78 is -0.416. The molecule has 0 atom stereocenters. The molecule has 0 unspecified atom stereocenters. The van der Waals surface area contributed by atoms with E-state index in [2.05, 4.69) is 27.1 Å². The summed E-state index contributed by atoms with van der Waals surface area (Å²) in [6, 6.07) is 12.8. The van der Waals surface area contributed by atoms with E-state index < -0.39 is 9.67 Å². The lowest BCUT2D eigenvalue weighted by atomic mass is 9.93. The molecule has 2 aliphatic rings. The number of nitro benzene ring substituents is 1. The van der Waals surface area contributed by atoms with Crippen molar-refractivity contribution >= 4 is 39.9 Å². The van der Waals surface area contributed by atoms with Crippen LogP contribution in [0, 0.1) is 10.1 Å². The second kappa shape index (κ2) is 8.38. The van der Waals surface area contributed by atoms with Gasteiger partial charge in [0.15, 0.2) is 0 Å². The number of amidine groups is 1. The topological polar surface area (TPSA) is 91.4 Å². The van der Waals surface area contributed by atoms with Gasteiger partial charge in [0.25, 0.3) is 5.69 Å². The Bertz CT molecular complexity index is 1140. The Morgan fingerprint density at radius 2 is 1.94 bits per heavy atom. The number of fused-ring (bicyclic) bond motifs is 1. The summed E-state index contributed by atoms with van der Waals surface area (Å²) in [6.45, 7) is 4.85. The zero-order valence-electron chi connectivity index (χ0n) is 18.5. The lowest BCUT2D eigenvalue weighted by molar-refractivity contribution is -0.384. The van der Waals surface area contributed by atoms with Crippen LogP contribution in [-0.4, -0.2) is 52.1 Å². The first-order valence-corrected chi connectivity index (χ1v) is 11.2. The summed E-state index contributed by atoms with van der Waals surface area (Å²) in [5.74, 6) is 0.782. The van der Waals surface area contributed by atoms with Gasteiger partial charge in [-0.3, -0.25) is 19.9 Å². The van der Waals surface area contributed by atoms with E-state index in [1.807, 2.05) is 19.9 Å².